The molecule has 0 aliphatic rings. The Morgan fingerprint density at radius 3 is 1.39 bits per heavy atom. The SMILES string of the molecule is CCC=CCC=CCC=CCC=CCC=CCCCC(=O)O[C@@H](CO)COC(=O)CCCCCCCCCCCCCCCCC. The van der Waals surface area contributed by atoms with Gasteiger partial charge in [0.25, 0.3) is 0 Å². The summed E-state index contributed by atoms with van der Waals surface area (Å²) in [6.07, 6.45) is 47.1. The van der Waals surface area contributed by atoms with Crippen molar-refractivity contribution in [2.75, 3.05) is 13.2 Å². The summed E-state index contributed by atoms with van der Waals surface area (Å²) in [6, 6.07) is 0. The molecule has 46 heavy (non-hydrogen) atoms. The maximum Gasteiger partial charge on any atom is 0.306 e. The minimum Gasteiger partial charge on any atom is -0.462 e. The Kier molecular flexibility index (Phi) is 35.1. The highest BCUT2D eigenvalue weighted by Crippen LogP contribution is 2.14. The first-order chi connectivity index (χ1) is 22.6. The van der Waals surface area contributed by atoms with Crippen LogP contribution in [0.4, 0.5) is 0 Å². The lowest BCUT2D eigenvalue weighted by molar-refractivity contribution is -0.161. The molecule has 0 fully saturated rings. The predicted octanol–water partition coefficient (Wildman–Crippen LogP) is 11.6. The molecule has 0 aliphatic heterocycles. The molecule has 0 aromatic rings. The van der Waals surface area contributed by atoms with Gasteiger partial charge in [-0.1, -0.05) is 164 Å². The van der Waals surface area contributed by atoms with E-state index in [1.165, 1.54) is 77.0 Å². The van der Waals surface area contributed by atoms with Crippen molar-refractivity contribution in [3.63, 3.8) is 0 Å². The van der Waals surface area contributed by atoms with E-state index in [1.54, 1.807) is 0 Å². The highest BCUT2D eigenvalue weighted by molar-refractivity contribution is 5.70. The van der Waals surface area contributed by atoms with Crippen molar-refractivity contribution in [3.8, 4) is 0 Å². The summed E-state index contributed by atoms with van der Waals surface area (Å²) >= 11 is 0. The van der Waals surface area contributed by atoms with Crippen molar-refractivity contribution >= 4 is 11.9 Å². The summed E-state index contributed by atoms with van der Waals surface area (Å²) in [4.78, 5) is 24.2. The normalized spacial score (nSPS) is 12.8. The van der Waals surface area contributed by atoms with Crippen LogP contribution in [0.1, 0.15) is 168 Å². The number of hydrogen-bond donors (Lipinski definition) is 1. The molecule has 0 rings (SSSR count). The van der Waals surface area contributed by atoms with Crippen LogP contribution < -0.4 is 0 Å². The van der Waals surface area contributed by atoms with Crippen molar-refractivity contribution in [2.24, 2.45) is 0 Å². The molecule has 0 aliphatic carbocycles. The van der Waals surface area contributed by atoms with E-state index >= 15 is 0 Å². The van der Waals surface area contributed by atoms with Gasteiger partial charge in [0.1, 0.15) is 6.61 Å². The van der Waals surface area contributed by atoms with Crippen LogP contribution in [0.3, 0.4) is 0 Å². The van der Waals surface area contributed by atoms with Gasteiger partial charge in [-0.2, -0.15) is 0 Å². The van der Waals surface area contributed by atoms with Crippen LogP contribution in [0, 0.1) is 0 Å². The van der Waals surface area contributed by atoms with E-state index in [9.17, 15) is 14.7 Å². The number of allylic oxidation sites excluding steroid dienone is 10. The predicted molar refractivity (Wildman–Crippen MR) is 196 cm³/mol. The molecule has 264 valence electrons. The monoisotopic (exact) mass is 643 g/mol. The number of carbonyl (C=O) groups excluding carboxylic acids is 2. The number of aliphatic hydroxyl groups is 1. The Hall–Kier alpha value is -2.40. The quantitative estimate of drug-likeness (QED) is 0.0438. The second-order valence-corrected chi connectivity index (χ2v) is 12.3. The van der Waals surface area contributed by atoms with Crippen molar-refractivity contribution < 1.29 is 24.2 Å². The lowest BCUT2D eigenvalue weighted by Gasteiger charge is -2.15. The Morgan fingerprint density at radius 2 is 0.935 bits per heavy atom. The van der Waals surface area contributed by atoms with Crippen LogP contribution in [0.5, 0.6) is 0 Å². The summed E-state index contributed by atoms with van der Waals surface area (Å²) in [5.41, 5.74) is 0. The lowest BCUT2D eigenvalue weighted by Crippen LogP contribution is -2.28. The number of ether oxygens (including phenoxy) is 2. The van der Waals surface area contributed by atoms with Crippen molar-refractivity contribution in [1.29, 1.82) is 0 Å². The van der Waals surface area contributed by atoms with E-state index in [0.717, 1.165) is 57.8 Å². The molecule has 1 N–H and O–H groups in total. The smallest absolute Gasteiger partial charge is 0.306 e. The van der Waals surface area contributed by atoms with Crippen molar-refractivity contribution in [2.45, 2.75) is 174 Å². The molecule has 0 radical (unpaired) electrons. The van der Waals surface area contributed by atoms with Crippen LogP contribution in [0.15, 0.2) is 60.8 Å². The van der Waals surface area contributed by atoms with Crippen LogP contribution in [-0.2, 0) is 19.1 Å². The average molecular weight is 643 g/mol. The largest absolute Gasteiger partial charge is 0.462 e. The summed E-state index contributed by atoms with van der Waals surface area (Å²) in [5.74, 6) is -0.660. The third-order valence-corrected chi connectivity index (χ3v) is 7.83. The number of aliphatic hydroxyl groups excluding tert-OH is 1. The van der Waals surface area contributed by atoms with E-state index in [-0.39, 0.29) is 31.6 Å². The summed E-state index contributed by atoms with van der Waals surface area (Å²) in [7, 11) is 0. The molecule has 0 saturated carbocycles. The first kappa shape index (κ1) is 43.6. The third-order valence-electron chi connectivity index (χ3n) is 7.83. The zero-order valence-electron chi connectivity index (χ0n) is 29.8. The summed E-state index contributed by atoms with van der Waals surface area (Å²) < 4.78 is 10.5. The molecule has 0 spiro atoms. The van der Waals surface area contributed by atoms with Crippen molar-refractivity contribution in [1.82, 2.24) is 0 Å². The van der Waals surface area contributed by atoms with Gasteiger partial charge in [0.2, 0.25) is 0 Å². The van der Waals surface area contributed by atoms with Crippen LogP contribution in [-0.4, -0.2) is 36.4 Å². The fourth-order valence-electron chi connectivity index (χ4n) is 5.00. The number of hydrogen-bond acceptors (Lipinski definition) is 5. The molecule has 0 aromatic carbocycles. The zero-order valence-corrected chi connectivity index (χ0v) is 29.8. The third kappa shape index (κ3) is 34.5. The van der Waals surface area contributed by atoms with Gasteiger partial charge in [0.15, 0.2) is 6.10 Å². The minimum absolute atomic E-state index is 0.0887. The highest BCUT2D eigenvalue weighted by Gasteiger charge is 2.15. The zero-order chi connectivity index (χ0) is 33.6. The molecule has 5 heteroatoms. The van der Waals surface area contributed by atoms with E-state index in [4.69, 9.17) is 9.47 Å². The van der Waals surface area contributed by atoms with Gasteiger partial charge in [-0.3, -0.25) is 9.59 Å². The standard InChI is InChI=1S/C41H70O5/c1-3-5-7-9-11-13-15-17-19-20-22-24-26-28-30-32-34-36-41(44)46-39(37-42)38-45-40(43)35-33-31-29-27-25-23-21-18-16-14-12-10-8-6-4-2/h5,7,11,13,17,19,22,24,28,30,39,42H,3-4,6,8-10,12,14-16,18,20-21,23,25-27,29,31-38H2,1-2H3/t39-/m0/s1. The second kappa shape index (κ2) is 37.1. The average Bonchev–Trinajstić information content (AvgIpc) is 3.06. The summed E-state index contributed by atoms with van der Waals surface area (Å²) in [5, 5.41) is 9.53. The number of carbonyl (C=O) groups is 2. The second-order valence-electron chi connectivity index (χ2n) is 12.3. The topological polar surface area (TPSA) is 72.8 Å². The first-order valence-corrected chi connectivity index (χ1v) is 18.8. The molecular formula is C41H70O5. The molecule has 5 nitrogen and oxygen atoms in total. The van der Waals surface area contributed by atoms with E-state index in [2.05, 4.69) is 74.6 Å². The number of rotatable bonds is 33. The Bertz CT molecular complexity index is 823. The van der Waals surface area contributed by atoms with Crippen LogP contribution in [0.2, 0.25) is 0 Å². The van der Waals surface area contributed by atoms with E-state index in [0.29, 0.717) is 12.8 Å². The molecule has 0 heterocycles. The highest BCUT2D eigenvalue weighted by atomic mass is 16.6. The molecule has 0 amide bonds. The first-order valence-electron chi connectivity index (χ1n) is 18.8. The van der Waals surface area contributed by atoms with Crippen LogP contribution in [0.25, 0.3) is 0 Å². The van der Waals surface area contributed by atoms with Gasteiger partial charge in [-0.15, -0.1) is 0 Å². The molecule has 0 saturated heterocycles. The van der Waals surface area contributed by atoms with Gasteiger partial charge < -0.3 is 14.6 Å². The van der Waals surface area contributed by atoms with E-state index < -0.39 is 6.10 Å². The lowest BCUT2D eigenvalue weighted by atomic mass is 10.0. The van der Waals surface area contributed by atoms with Gasteiger partial charge in [-0.25, -0.2) is 0 Å². The van der Waals surface area contributed by atoms with E-state index in [1.807, 2.05) is 0 Å². The fraction of sp³-hybridized carbons (Fsp3) is 0.707. The minimum atomic E-state index is -0.800. The fourth-order valence-corrected chi connectivity index (χ4v) is 5.00. The number of esters is 2. The molecular weight excluding hydrogens is 572 g/mol. The van der Waals surface area contributed by atoms with Crippen LogP contribution >= 0.6 is 0 Å². The Labute approximate surface area is 283 Å². The maximum absolute atomic E-state index is 12.1. The molecule has 0 bridgehead atoms. The van der Waals surface area contributed by atoms with Gasteiger partial charge in [-0.05, 0) is 51.4 Å². The van der Waals surface area contributed by atoms with Crippen molar-refractivity contribution in [3.05, 3.63) is 60.8 Å². The Balaban J connectivity index is 3.67. The Morgan fingerprint density at radius 1 is 0.522 bits per heavy atom. The van der Waals surface area contributed by atoms with Gasteiger partial charge >= 0.3 is 11.9 Å². The molecule has 0 unspecified atom stereocenters. The summed E-state index contributed by atoms with van der Waals surface area (Å²) in [6.45, 7) is 3.97. The van der Waals surface area contributed by atoms with Gasteiger partial charge in [0, 0.05) is 12.8 Å². The molecule has 0 aromatic heterocycles. The molecule has 1 atom stereocenters. The number of unbranched alkanes of at least 4 members (excludes halogenated alkanes) is 15. The van der Waals surface area contributed by atoms with Gasteiger partial charge in [0.05, 0.1) is 6.61 Å². The maximum atomic E-state index is 12.1.